The van der Waals surface area contributed by atoms with Gasteiger partial charge in [-0.1, -0.05) is 29.3 Å². The lowest BCUT2D eigenvalue weighted by atomic mass is 10.1. The molecule has 0 atom stereocenters. The van der Waals surface area contributed by atoms with Crippen molar-refractivity contribution in [3.63, 3.8) is 0 Å². The fourth-order valence-electron chi connectivity index (χ4n) is 2.07. The average Bonchev–Trinajstić information content (AvgIpc) is 2.79. The Balaban J connectivity index is 2.22. The van der Waals surface area contributed by atoms with Crippen LogP contribution in [-0.4, -0.2) is 10.7 Å². The van der Waals surface area contributed by atoms with Crippen molar-refractivity contribution in [1.29, 1.82) is 0 Å². The van der Waals surface area contributed by atoms with E-state index in [9.17, 15) is 14.9 Å². The van der Waals surface area contributed by atoms with Crippen LogP contribution >= 0.6 is 23.1 Å². The van der Waals surface area contributed by atoms with Crippen molar-refractivity contribution in [2.75, 3.05) is 0 Å². The fourth-order valence-corrected chi connectivity index (χ4v) is 4.25. The molecule has 0 saturated carbocycles. The molecule has 0 saturated heterocycles. The first-order valence-corrected chi connectivity index (χ1v) is 8.16. The van der Waals surface area contributed by atoms with Crippen LogP contribution in [0.3, 0.4) is 0 Å². The molecule has 0 spiro atoms. The molecule has 0 N–H and O–H groups in total. The lowest BCUT2D eigenvalue weighted by Gasteiger charge is -2.03. The number of thiophene rings is 1. The number of thioether (sulfide) groups is 1. The number of benzene rings is 1. The SMILES string of the molecule is CC(=O)c1cc([N+](=O)[O-])c(SCc2cc(C)cc(C)c2)s1. The zero-order valence-electron chi connectivity index (χ0n) is 12.0. The van der Waals surface area contributed by atoms with Crippen molar-refractivity contribution in [2.24, 2.45) is 0 Å². The third kappa shape index (κ3) is 3.92. The summed E-state index contributed by atoms with van der Waals surface area (Å²) in [4.78, 5) is 22.5. The number of aryl methyl sites for hydroxylation is 2. The van der Waals surface area contributed by atoms with Gasteiger partial charge in [-0.15, -0.1) is 23.1 Å². The zero-order valence-corrected chi connectivity index (χ0v) is 13.6. The highest BCUT2D eigenvalue weighted by molar-refractivity contribution is 8.00. The van der Waals surface area contributed by atoms with Crippen LogP contribution in [0, 0.1) is 24.0 Å². The summed E-state index contributed by atoms with van der Waals surface area (Å²) in [5.74, 6) is 0.516. The van der Waals surface area contributed by atoms with Crippen LogP contribution in [0.15, 0.2) is 28.5 Å². The maximum Gasteiger partial charge on any atom is 0.294 e. The van der Waals surface area contributed by atoms with E-state index < -0.39 is 4.92 Å². The standard InChI is InChI=1S/C15H15NO3S2/c1-9-4-10(2)6-12(5-9)8-20-15-13(16(18)19)7-14(21-15)11(3)17/h4-7H,8H2,1-3H3. The van der Waals surface area contributed by atoms with Gasteiger partial charge in [0.1, 0.15) is 4.21 Å². The summed E-state index contributed by atoms with van der Waals surface area (Å²) in [6.45, 7) is 5.49. The van der Waals surface area contributed by atoms with Crippen molar-refractivity contribution < 1.29 is 9.72 Å². The van der Waals surface area contributed by atoms with Gasteiger partial charge in [-0.3, -0.25) is 14.9 Å². The number of Topliss-reactive ketones (excluding diaryl/α,β-unsaturated/α-hetero) is 1. The number of carbonyl (C=O) groups is 1. The Morgan fingerprint density at radius 3 is 2.38 bits per heavy atom. The molecular weight excluding hydrogens is 306 g/mol. The number of nitrogens with zero attached hydrogens (tertiary/aromatic N) is 1. The number of nitro groups is 1. The van der Waals surface area contributed by atoms with E-state index >= 15 is 0 Å². The van der Waals surface area contributed by atoms with Crippen LogP contribution in [0.2, 0.25) is 0 Å². The Morgan fingerprint density at radius 1 is 1.24 bits per heavy atom. The Morgan fingerprint density at radius 2 is 1.86 bits per heavy atom. The highest BCUT2D eigenvalue weighted by atomic mass is 32.2. The molecule has 0 fully saturated rings. The maximum atomic E-state index is 11.4. The largest absolute Gasteiger partial charge is 0.294 e. The predicted octanol–water partition coefficient (Wildman–Crippen LogP) is 4.77. The third-order valence-corrected chi connectivity index (χ3v) is 5.45. The normalized spacial score (nSPS) is 10.6. The maximum absolute atomic E-state index is 11.4. The van der Waals surface area contributed by atoms with Gasteiger partial charge in [0.25, 0.3) is 5.69 Å². The molecule has 110 valence electrons. The molecule has 0 unspecified atom stereocenters. The second kappa shape index (κ2) is 6.41. The second-order valence-corrected chi connectivity index (χ2v) is 7.18. The summed E-state index contributed by atoms with van der Waals surface area (Å²) in [5.41, 5.74) is 3.51. The van der Waals surface area contributed by atoms with E-state index in [1.165, 1.54) is 47.2 Å². The number of hydrogen-bond donors (Lipinski definition) is 0. The smallest absolute Gasteiger partial charge is 0.294 e. The van der Waals surface area contributed by atoms with E-state index in [0.717, 1.165) is 5.56 Å². The summed E-state index contributed by atoms with van der Waals surface area (Å²) < 4.78 is 0.587. The average molecular weight is 321 g/mol. The second-order valence-electron chi connectivity index (χ2n) is 4.88. The Bertz CT molecular complexity index is 687. The Hall–Kier alpha value is -1.66. The lowest BCUT2D eigenvalue weighted by Crippen LogP contribution is -1.88. The minimum atomic E-state index is -0.424. The molecule has 0 bridgehead atoms. The minimum Gasteiger partial charge on any atom is -0.294 e. The third-order valence-electron chi connectivity index (χ3n) is 2.87. The minimum absolute atomic E-state index is 0.0274. The highest BCUT2D eigenvalue weighted by Crippen LogP contribution is 2.39. The monoisotopic (exact) mass is 321 g/mol. The van der Waals surface area contributed by atoms with Gasteiger partial charge in [-0.2, -0.15) is 0 Å². The molecule has 0 aliphatic rings. The summed E-state index contributed by atoms with van der Waals surface area (Å²) >= 11 is 2.60. The van der Waals surface area contributed by atoms with Crippen LogP contribution in [0.25, 0.3) is 0 Å². The number of rotatable bonds is 5. The van der Waals surface area contributed by atoms with E-state index in [0.29, 0.717) is 14.8 Å². The van der Waals surface area contributed by atoms with Crippen LogP contribution < -0.4 is 0 Å². The van der Waals surface area contributed by atoms with Gasteiger partial charge in [0.2, 0.25) is 0 Å². The van der Waals surface area contributed by atoms with Gasteiger partial charge >= 0.3 is 0 Å². The number of ketones is 1. The molecule has 1 aromatic carbocycles. The molecule has 0 amide bonds. The molecule has 2 aromatic rings. The van der Waals surface area contributed by atoms with Gasteiger partial charge in [-0.05, 0) is 26.3 Å². The summed E-state index contributed by atoms with van der Waals surface area (Å²) in [6, 6.07) is 7.61. The van der Waals surface area contributed by atoms with Gasteiger partial charge < -0.3 is 0 Å². The molecule has 21 heavy (non-hydrogen) atoms. The molecule has 0 aliphatic heterocycles. The van der Waals surface area contributed by atoms with Crippen molar-refractivity contribution >= 4 is 34.6 Å². The molecule has 0 radical (unpaired) electrons. The van der Waals surface area contributed by atoms with Crippen LogP contribution in [0.1, 0.15) is 33.3 Å². The molecule has 1 heterocycles. The van der Waals surface area contributed by atoms with Crippen LogP contribution in [0.5, 0.6) is 0 Å². The van der Waals surface area contributed by atoms with Gasteiger partial charge in [0.15, 0.2) is 5.78 Å². The first-order chi connectivity index (χ1) is 9.86. The quantitative estimate of drug-likeness (QED) is 0.344. The van der Waals surface area contributed by atoms with Crippen molar-refractivity contribution in [3.8, 4) is 0 Å². The molecule has 2 rings (SSSR count). The summed E-state index contributed by atoms with van der Waals surface area (Å²) in [7, 11) is 0. The molecule has 6 heteroatoms. The van der Waals surface area contributed by atoms with Crippen molar-refractivity contribution in [2.45, 2.75) is 30.7 Å². The van der Waals surface area contributed by atoms with E-state index in [-0.39, 0.29) is 11.5 Å². The Labute approximate surface area is 131 Å². The predicted molar refractivity (Wildman–Crippen MR) is 86.5 cm³/mol. The molecule has 4 nitrogen and oxygen atoms in total. The number of hydrogen-bond acceptors (Lipinski definition) is 5. The first kappa shape index (κ1) is 15.7. The lowest BCUT2D eigenvalue weighted by molar-refractivity contribution is -0.387. The van der Waals surface area contributed by atoms with E-state index in [1.807, 2.05) is 13.8 Å². The van der Waals surface area contributed by atoms with E-state index in [1.54, 1.807) is 0 Å². The Kier molecular flexibility index (Phi) is 4.80. The van der Waals surface area contributed by atoms with Gasteiger partial charge in [0.05, 0.1) is 9.80 Å². The summed E-state index contributed by atoms with van der Waals surface area (Å²) in [6.07, 6.45) is 0. The van der Waals surface area contributed by atoms with E-state index in [4.69, 9.17) is 0 Å². The number of carbonyl (C=O) groups excluding carboxylic acids is 1. The zero-order chi connectivity index (χ0) is 15.6. The van der Waals surface area contributed by atoms with Crippen LogP contribution in [-0.2, 0) is 5.75 Å². The molecule has 0 aliphatic carbocycles. The fraction of sp³-hybridized carbons (Fsp3) is 0.267. The van der Waals surface area contributed by atoms with E-state index in [2.05, 4.69) is 18.2 Å². The van der Waals surface area contributed by atoms with Crippen molar-refractivity contribution in [1.82, 2.24) is 0 Å². The van der Waals surface area contributed by atoms with Gasteiger partial charge in [0, 0.05) is 11.8 Å². The molecular formula is C15H15NO3S2. The first-order valence-electron chi connectivity index (χ1n) is 6.36. The summed E-state index contributed by atoms with van der Waals surface area (Å²) in [5, 5.41) is 11.1. The molecule has 1 aromatic heterocycles. The highest BCUT2D eigenvalue weighted by Gasteiger charge is 2.21. The van der Waals surface area contributed by atoms with Crippen LogP contribution in [0.4, 0.5) is 5.69 Å². The topological polar surface area (TPSA) is 60.2 Å². The van der Waals surface area contributed by atoms with Gasteiger partial charge in [-0.25, -0.2) is 0 Å². The van der Waals surface area contributed by atoms with Crippen molar-refractivity contribution in [3.05, 3.63) is 55.9 Å².